The monoisotopic (exact) mass is 264 g/mol. The van der Waals surface area contributed by atoms with E-state index in [1.54, 1.807) is 11.0 Å². The Hall–Kier alpha value is -0.900. The van der Waals surface area contributed by atoms with Crippen LogP contribution in [0.2, 0.25) is 0 Å². The summed E-state index contributed by atoms with van der Waals surface area (Å²) in [5.74, 6) is 2.73. The number of nitrogens with one attached hydrogen (secondary N) is 1. The van der Waals surface area contributed by atoms with Crippen LogP contribution in [0.4, 0.5) is 0 Å². The van der Waals surface area contributed by atoms with Crippen molar-refractivity contribution >= 4 is 0 Å². The molecule has 0 aromatic carbocycles. The Bertz CT molecular complexity index is 372. The van der Waals surface area contributed by atoms with Crippen molar-refractivity contribution in [1.29, 1.82) is 0 Å². The van der Waals surface area contributed by atoms with Gasteiger partial charge in [-0.1, -0.05) is 26.7 Å². The Kier molecular flexibility index (Phi) is 5.37. The zero-order valence-corrected chi connectivity index (χ0v) is 12.6. The zero-order chi connectivity index (χ0) is 13.7. The maximum Gasteiger partial charge on any atom is 0.151 e. The van der Waals surface area contributed by atoms with Crippen molar-refractivity contribution in [1.82, 2.24) is 20.1 Å². The first kappa shape index (κ1) is 14.5. The molecule has 1 fully saturated rings. The molecule has 4 nitrogen and oxygen atoms in total. The predicted octanol–water partition coefficient (Wildman–Crippen LogP) is 2.55. The minimum atomic E-state index is 0.701. The minimum Gasteiger partial charge on any atom is -0.314 e. The molecule has 1 heterocycles. The number of nitrogens with zero attached hydrogens (tertiary/aromatic N) is 3. The lowest BCUT2D eigenvalue weighted by atomic mass is 9.89. The lowest BCUT2D eigenvalue weighted by Crippen LogP contribution is -2.30. The van der Waals surface area contributed by atoms with Crippen molar-refractivity contribution in [3.8, 4) is 0 Å². The van der Waals surface area contributed by atoms with Crippen LogP contribution >= 0.6 is 0 Å². The van der Waals surface area contributed by atoms with Crippen molar-refractivity contribution in [2.75, 3.05) is 6.54 Å². The van der Waals surface area contributed by atoms with Crippen LogP contribution in [0.5, 0.6) is 0 Å². The maximum atomic E-state index is 4.31. The average molecular weight is 264 g/mol. The largest absolute Gasteiger partial charge is 0.314 e. The molecule has 108 valence electrons. The Morgan fingerprint density at radius 3 is 2.84 bits per heavy atom. The molecule has 0 aliphatic heterocycles. The molecule has 0 radical (unpaired) electrons. The molecule has 0 amide bonds. The lowest BCUT2D eigenvalue weighted by Gasteiger charge is -2.19. The van der Waals surface area contributed by atoms with Gasteiger partial charge in [-0.3, -0.25) is 4.68 Å². The van der Waals surface area contributed by atoms with E-state index in [-0.39, 0.29) is 0 Å². The molecule has 1 aliphatic carbocycles. The molecule has 1 saturated carbocycles. The molecule has 1 N–H and O–H groups in total. The van der Waals surface area contributed by atoms with E-state index in [2.05, 4.69) is 29.2 Å². The highest BCUT2D eigenvalue weighted by Gasteiger charge is 2.20. The van der Waals surface area contributed by atoms with Gasteiger partial charge in [-0.05, 0) is 31.1 Å². The summed E-state index contributed by atoms with van der Waals surface area (Å²) in [7, 11) is 1.92. The van der Waals surface area contributed by atoms with Crippen molar-refractivity contribution < 1.29 is 0 Å². The molecule has 0 spiro atoms. The molecule has 2 rings (SSSR count). The van der Waals surface area contributed by atoms with Gasteiger partial charge in [-0.15, -0.1) is 0 Å². The van der Waals surface area contributed by atoms with Crippen LogP contribution in [0.1, 0.15) is 51.8 Å². The molecule has 4 heteroatoms. The number of hydrogen-bond donors (Lipinski definition) is 1. The Labute approximate surface area is 117 Å². The second-order valence-electron chi connectivity index (χ2n) is 6.25. The van der Waals surface area contributed by atoms with Gasteiger partial charge in [0.15, 0.2) is 5.82 Å². The quantitative estimate of drug-likeness (QED) is 0.831. The van der Waals surface area contributed by atoms with Crippen molar-refractivity contribution in [2.45, 2.75) is 58.4 Å². The van der Waals surface area contributed by atoms with Crippen LogP contribution in [0.25, 0.3) is 0 Å². The van der Waals surface area contributed by atoms with Crippen LogP contribution in [0, 0.1) is 11.8 Å². The fourth-order valence-electron chi connectivity index (χ4n) is 3.09. The smallest absolute Gasteiger partial charge is 0.151 e. The molecular formula is C15H28N4. The van der Waals surface area contributed by atoms with Crippen LogP contribution in [0.15, 0.2) is 6.33 Å². The van der Waals surface area contributed by atoms with Gasteiger partial charge in [0.25, 0.3) is 0 Å². The van der Waals surface area contributed by atoms with Gasteiger partial charge in [0, 0.05) is 26.1 Å². The van der Waals surface area contributed by atoms with Gasteiger partial charge in [0.2, 0.25) is 0 Å². The van der Waals surface area contributed by atoms with Crippen LogP contribution < -0.4 is 5.32 Å². The van der Waals surface area contributed by atoms with Gasteiger partial charge >= 0.3 is 0 Å². The van der Waals surface area contributed by atoms with E-state index in [4.69, 9.17) is 0 Å². The van der Waals surface area contributed by atoms with E-state index >= 15 is 0 Å². The molecular weight excluding hydrogens is 236 g/mol. The molecule has 0 saturated heterocycles. The van der Waals surface area contributed by atoms with E-state index < -0.39 is 0 Å². The summed E-state index contributed by atoms with van der Waals surface area (Å²) < 4.78 is 1.77. The van der Waals surface area contributed by atoms with E-state index in [1.165, 1.54) is 32.1 Å². The summed E-state index contributed by atoms with van der Waals surface area (Å²) in [6.07, 6.45) is 9.55. The van der Waals surface area contributed by atoms with Gasteiger partial charge in [-0.2, -0.15) is 5.10 Å². The normalized spacial score (nSPS) is 24.6. The summed E-state index contributed by atoms with van der Waals surface area (Å²) in [6.45, 7) is 5.73. The third-order valence-corrected chi connectivity index (χ3v) is 4.38. The Morgan fingerprint density at radius 2 is 2.16 bits per heavy atom. The predicted molar refractivity (Wildman–Crippen MR) is 77.9 cm³/mol. The van der Waals surface area contributed by atoms with Crippen LogP contribution in [-0.2, 0) is 13.5 Å². The van der Waals surface area contributed by atoms with Crippen molar-refractivity contribution in [2.24, 2.45) is 18.9 Å². The van der Waals surface area contributed by atoms with Crippen LogP contribution in [0.3, 0.4) is 0 Å². The van der Waals surface area contributed by atoms with E-state index in [1.807, 2.05) is 7.05 Å². The molecule has 19 heavy (non-hydrogen) atoms. The number of hydrogen-bond acceptors (Lipinski definition) is 3. The molecule has 2 atom stereocenters. The first-order valence-corrected chi connectivity index (χ1v) is 7.73. The Balaban J connectivity index is 1.68. The van der Waals surface area contributed by atoms with Crippen molar-refractivity contribution in [3.63, 3.8) is 0 Å². The topological polar surface area (TPSA) is 42.7 Å². The summed E-state index contributed by atoms with van der Waals surface area (Å²) in [5.41, 5.74) is 0. The summed E-state index contributed by atoms with van der Waals surface area (Å²) in [5, 5.41) is 8.00. The third kappa shape index (κ3) is 4.60. The fourth-order valence-corrected chi connectivity index (χ4v) is 3.09. The standard InChI is InChI=1S/C15H28N4/c1-12(2)13-5-4-6-14(8-7-13)16-10-9-15-17-11-19(3)18-15/h11-14,16H,4-10H2,1-3H3. The van der Waals surface area contributed by atoms with E-state index in [0.29, 0.717) is 6.04 Å². The molecule has 1 aromatic rings. The minimum absolute atomic E-state index is 0.701. The highest BCUT2D eigenvalue weighted by atomic mass is 15.3. The van der Waals surface area contributed by atoms with Gasteiger partial charge in [-0.25, -0.2) is 4.98 Å². The highest BCUT2D eigenvalue weighted by Crippen LogP contribution is 2.28. The summed E-state index contributed by atoms with van der Waals surface area (Å²) in [6, 6.07) is 0.701. The highest BCUT2D eigenvalue weighted by molar-refractivity contribution is 4.83. The van der Waals surface area contributed by atoms with Gasteiger partial charge in [0.05, 0.1) is 0 Å². The zero-order valence-electron chi connectivity index (χ0n) is 12.6. The summed E-state index contributed by atoms with van der Waals surface area (Å²) in [4.78, 5) is 4.26. The first-order valence-electron chi connectivity index (χ1n) is 7.73. The SMILES string of the molecule is CC(C)C1CCCC(NCCc2ncn(C)n2)CC1. The molecule has 1 aliphatic rings. The van der Waals surface area contributed by atoms with E-state index in [9.17, 15) is 0 Å². The number of aromatic nitrogens is 3. The van der Waals surface area contributed by atoms with Gasteiger partial charge < -0.3 is 5.32 Å². The van der Waals surface area contributed by atoms with Gasteiger partial charge in [0.1, 0.15) is 6.33 Å². The molecule has 0 bridgehead atoms. The van der Waals surface area contributed by atoms with Crippen molar-refractivity contribution in [3.05, 3.63) is 12.2 Å². The second-order valence-corrected chi connectivity index (χ2v) is 6.25. The maximum absolute atomic E-state index is 4.31. The molecule has 2 unspecified atom stereocenters. The van der Waals surface area contributed by atoms with E-state index in [0.717, 1.165) is 30.6 Å². The Morgan fingerprint density at radius 1 is 1.32 bits per heavy atom. The average Bonchev–Trinajstić information content (AvgIpc) is 2.64. The number of rotatable bonds is 5. The molecule has 1 aromatic heterocycles. The fraction of sp³-hybridized carbons (Fsp3) is 0.867. The first-order chi connectivity index (χ1) is 9.15. The second kappa shape index (κ2) is 7.04. The number of aryl methyl sites for hydroxylation is 1. The third-order valence-electron chi connectivity index (χ3n) is 4.38. The lowest BCUT2D eigenvalue weighted by molar-refractivity contribution is 0.338. The van der Waals surface area contributed by atoms with Crippen LogP contribution in [-0.4, -0.2) is 27.4 Å². The summed E-state index contributed by atoms with van der Waals surface area (Å²) >= 11 is 0.